The number of nitrogens with zero attached hydrogens (tertiary/aromatic N) is 2. The molecule has 0 unspecified atom stereocenters. The van der Waals surface area contributed by atoms with Gasteiger partial charge in [-0.15, -0.1) is 0 Å². The Balaban J connectivity index is 2.80. The summed E-state index contributed by atoms with van der Waals surface area (Å²) in [5, 5.41) is 0. The van der Waals surface area contributed by atoms with Crippen LogP contribution in [0.4, 0.5) is 5.69 Å². The first-order valence-corrected chi connectivity index (χ1v) is 7.97. The Morgan fingerprint density at radius 1 is 1.23 bits per heavy atom. The first-order chi connectivity index (χ1) is 10.3. The van der Waals surface area contributed by atoms with Crippen LogP contribution in [0.5, 0.6) is 0 Å². The summed E-state index contributed by atoms with van der Waals surface area (Å²) >= 11 is 0. The van der Waals surface area contributed by atoms with Crippen molar-refractivity contribution < 1.29 is 9.59 Å². The first kappa shape index (κ1) is 18.2. The zero-order chi connectivity index (χ0) is 16.7. The zero-order valence-electron chi connectivity index (χ0n) is 14.4. The summed E-state index contributed by atoms with van der Waals surface area (Å²) in [4.78, 5) is 27.7. The Labute approximate surface area is 134 Å². The lowest BCUT2D eigenvalue weighted by Crippen LogP contribution is -2.43. The van der Waals surface area contributed by atoms with Crippen molar-refractivity contribution in [2.75, 3.05) is 24.5 Å². The summed E-state index contributed by atoms with van der Waals surface area (Å²) < 4.78 is 0. The number of hydrogen-bond donors (Lipinski definition) is 0. The molecule has 122 valence electrons. The highest BCUT2D eigenvalue weighted by atomic mass is 16.2. The van der Waals surface area contributed by atoms with Gasteiger partial charge in [0.1, 0.15) is 6.54 Å². The van der Waals surface area contributed by atoms with Gasteiger partial charge in [-0.2, -0.15) is 0 Å². The van der Waals surface area contributed by atoms with Crippen LogP contribution in [-0.2, 0) is 9.59 Å². The van der Waals surface area contributed by atoms with E-state index in [4.69, 9.17) is 0 Å². The lowest BCUT2D eigenvalue weighted by Gasteiger charge is -2.27. The van der Waals surface area contributed by atoms with Gasteiger partial charge in [0.25, 0.3) is 0 Å². The van der Waals surface area contributed by atoms with E-state index >= 15 is 0 Å². The Hall–Kier alpha value is -1.84. The molecular formula is C18H28N2O2. The third-order valence-corrected chi connectivity index (χ3v) is 3.68. The number of carbonyl (C=O) groups is 2. The van der Waals surface area contributed by atoms with Gasteiger partial charge in [0.05, 0.1) is 0 Å². The topological polar surface area (TPSA) is 40.6 Å². The van der Waals surface area contributed by atoms with Crippen LogP contribution in [0.2, 0.25) is 0 Å². The molecule has 22 heavy (non-hydrogen) atoms. The molecule has 4 nitrogen and oxygen atoms in total. The number of anilines is 1. The van der Waals surface area contributed by atoms with Gasteiger partial charge < -0.3 is 9.80 Å². The van der Waals surface area contributed by atoms with E-state index in [0.29, 0.717) is 19.0 Å². The maximum atomic E-state index is 12.6. The molecule has 0 aliphatic carbocycles. The van der Waals surface area contributed by atoms with Gasteiger partial charge >= 0.3 is 0 Å². The Bertz CT molecular complexity index is 512. The number of carbonyl (C=O) groups excluding carboxylic acids is 2. The molecule has 1 rings (SSSR count). The van der Waals surface area contributed by atoms with Crippen molar-refractivity contribution in [3.63, 3.8) is 0 Å². The molecule has 0 aliphatic heterocycles. The quantitative estimate of drug-likeness (QED) is 0.776. The molecule has 1 aromatic rings. The maximum absolute atomic E-state index is 12.6. The third-order valence-electron chi connectivity index (χ3n) is 3.68. The summed E-state index contributed by atoms with van der Waals surface area (Å²) in [6.07, 6.45) is 0.906. The number of rotatable bonds is 7. The Kier molecular flexibility index (Phi) is 7.09. The molecule has 4 heteroatoms. The molecule has 0 heterocycles. The zero-order valence-corrected chi connectivity index (χ0v) is 14.4. The van der Waals surface area contributed by atoms with Gasteiger partial charge in [-0.1, -0.05) is 26.0 Å². The summed E-state index contributed by atoms with van der Waals surface area (Å²) in [5.74, 6) is 0.428. The van der Waals surface area contributed by atoms with Gasteiger partial charge in [0.15, 0.2) is 0 Å². The molecule has 0 radical (unpaired) electrons. The summed E-state index contributed by atoms with van der Waals surface area (Å²) in [6.45, 7) is 11.1. The first-order valence-electron chi connectivity index (χ1n) is 7.97. The molecule has 0 N–H and O–H groups in total. The van der Waals surface area contributed by atoms with E-state index in [1.54, 1.807) is 9.80 Å². The van der Waals surface area contributed by atoms with Crippen molar-refractivity contribution in [1.29, 1.82) is 0 Å². The smallest absolute Gasteiger partial charge is 0.246 e. The number of hydrogen-bond acceptors (Lipinski definition) is 2. The lowest BCUT2D eigenvalue weighted by molar-refractivity contribution is -0.133. The highest BCUT2D eigenvalue weighted by Crippen LogP contribution is 2.16. The number of benzene rings is 1. The van der Waals surface area contributed by atoms with Crippen LogP contribution in [-0.4, -0.2) is 36.3 Å². The van der Waals surface area contributed by atoms with E-state index < -0.39 is 0 Å². The molecule has 0 saturated carbocycles. The van der Waals surface area contributed by atoms with Gasteiger partial charge in [0.2, 0.25) is 11.8 Å². The molecule has 0 bridgehead atoms. The molecule has 0 aromatic heterocycles. The van der Waals surface area contributed by atoms with Crippen LogP contribution in [0.15, 0.2) is 24.3 Å². The largest absolute Gasteiger partial charge is 0.334 e. The fourth-order valence-corrected chi connectivity index (χ4v) is 2.31. The fraction of sp³-hybridized carbons (Fsp3) is 0.556. The molecule has 0 fully saturated rings. The van der Waals surface area contributed by atoms with E-state index in [1.807, 2.05) is 38.1 Å². The number of aryl methyl sites for hydroxylation is 1. The molecular weight excluding hydrogens is 276 g/mol. The van der Waals surface area contributed by atoms with Gasteiger partial charge in [-0.25, -0.2) is 0 Å². The molecule has 0 aliphatic rings. The minimum Gasteiger partial charge on any atom is -0.334 e. The second-order valence-electron chi connectivity index (χ2n) is 6.10. The van der Waals surface area contributed by atoms with Gasteiger partial charge in [-0.3, -0.25) is 9.59 Å². The predicted octanol–water partition coefficient (Wildman–Crippen LogP) is 3.24. The van der Waals surface area contributed by atoms with Crippen LogP contribution in [0.1, 0.15) is 39.7 Å². The predicted molar refractivity (Wildman–Crippen MR) is 90.9 cm³/mol. The van der Waals surface area contributed by atoms with Crippen LogP contribution in [0, 0.1) is 12.8 Å². The molecule has 0 spiro atoms. The monoisotopic (exact) mass is 304 g/mol. The number of likely N-dealkylation sites (N-methyl/N-ethyl adjacent to an activating group) is 1. The average molecular weight is 304 g/mol. The Morgan fingerprint density at radius 2 is 1.91 bits per heavy atom. The van der Waals surface area contributed by atoms with Crippen molar-refractivity contribution in [3.05, 3.63) is 29.8 Å². The molecule has 0 saturated heterocycles. The van der Waals surface area contributed by atoms with Crippen LogP contribution >= 0.6 is 0 Å². The highest BCUT2D eigenvalue weighted by Gasteiger charge is 2.19. The van der Waals surface area contributed by atoms with E-state index in [0.717, 1.165) is 17.7 Å². The van der Waals surface area contributed by atoms with E-state index in [-0.39, 0.29) is 18.4 Å². The lowest BCUT2D eigenvalue weighted by atomic mass is 10.1. The second-order valence-corrected chi connectivity index (χ2v) is 6.10. The number of amides is 2. The van der Waals surface area contributed by atoms with E-state index in [9.17, 15) is 9.59 Å². The van der Waals surface area contributed by atoms with Crippen molar-refractivity contribution in [2.45, 2.75) is 41.0 Å². The highest BCUT2D eigenvalue weighted by molar-refractivity contribution is 5.96. The standard InChI is InChI=1S/C18H28N2O2/c1-6-20(17-9-7-8-15(4)12-17)18(22)13-19(16(5)21)11-10-14(2)3/h7-9,12,14H,6,10-11,13H2,1-5H3. The molecule has 2 amide bonds. The fourth-order valence-electron chi connectivity index (χ4n) is 2.31. The average Bonchev–Trinajstić information content (AvgIpc) is 2.43. The van der Waals surface area contributed by atoms with Crippen LogP contribution < -0.4 is 4.90 Å². The summed E-state index contributed by atoms with van der Waals surface area (Å²) in [7, 11) is 0. The normalized spacial score (nSPS) is 10.6. The van der Waals surface area contributed by atoms with Crippen molar-refractivity contribution >= 4 is 17.5 Å². The van der Waals surface area contributed by atoms with Crippen molar-refractivity contribution in [2.24, 2.45) is 5.92 Å². The van der Waals surface area contributed by atoms with Crippen molar-refractivity contribution in [1.82, 2.24) is 4.90 Å². The van der Waals surface area contributed by atoms with Gasteiger partial charge in [-0.05, 0) is 43.9 Å². The minimum atomic E-state index is -0.0469. The Morgan fingerprint density at radius 3 is 2.41 bits per heavy atom. The van der Waals surface area contributed by atoms with E-state index in [1.165, 1.54) is 6.92 Å². The molecule has 1 aromatic carbocycles. The van der Waals surface area contributed by atoms with Crippen molar-refractivity contribution in [3.8, 4) is 0 Å². The summed E-state index contributed by atoms with van der Waals surface area (Å²) in [5.41, 5.74) is 2.01. The molecule has 0 atom stereocenters. The SMILES string of the molecule is CCN(C(=O)CN(CCC(C)C)C(C)=O)c1cccc(C)c1. The van der Waals surface area contributed by atoms with E-state index in [2.05, 4.69) is 13.8 Å². The van der Waals surface area contributed by atoms with Crippen LogP contribution in [0.25, 0.3) is 0 Å². The van der Waals surface area contributed by atoms with Gasteiger partial charge in [0, 0.05) is 25.7 Å². The van der Waals surface area contributed by atoms with Crippen LogP contribution in [0.3, 0.4) is 0 Å². The maximum Gasteiger partial charge on any atom is 0.246 e. The third kappa shape index (κ3) is 5.51. The second kappa shape index (κ2) is 8.57. The summed E-state index contributed by atoms with van der Waals surface area (Å²) in [6, 6.07) is 7.88. The minimum absolute atomic E-state index is 0.0351.